The van der Waals surface area contributed by atoms with Gasteiger partial charge >= 0.3 is 0 Å². The number of rotatable bonds is 2. The van der Waals surface area contributed by atoms with Crippen molar-refractivity contribution in [1.82, 2.24) is 4.90 Å². The second-order valence-electron chi connectivity index (χ2n) is 5.13. The summed E-state index contributed by atoms with van der Waals surface area (Å²) in [6, 6.07) is 5.45. The molecule has 0 bridgehead atoms. The van der Waals surface area contributed by atoms with E-state index in [2.05, 4.69) is 27.9 Å². The molecule has 112 valence electrons. The maximum absolute atomic E-state index is 6.29. The first-order chi connectivity index (χ1) is 10.0. The van der Waals surface area contributed by atoms with Gasteiger partial charge in [0.2, 0.25) is 0 Å². The van der Waals surface area contributed by atoms with E-state index in [1.54, 1.807) is 18.4 Å². The highest BCUT2D eigenvalue weighted by molar-refractivity contribution is 9.10. The third kappa shape index (κ3) is 3.24. The first-order valence-electron chi connectivity index (χ1n) is 6.60. The van der Waals surface area contributed by atoms with Crippen LogP contribution in [0.2, 0.25) is 10.0 Å². The minimum Gasteiger partial charge on any atom is -0.484 e. The van der Waals surface area contributed by atoms with Gasteiger partial charge in [-0.3, -0.25) is 4.90 Å². The van der Waals surface area contributed by atoms with Gasteiger partial charge in [-0.1, -0.05) is 23.2 Å². The number of fused-ring (bicyclic) bond motifs is 1. The average Bonchev–Trinajstić information content (AvgIpc) is 2.82. The van der Waals surface area contributed by atoms with Crippen LogP contribution in [0.25, 0.3) is 0 Å². The summed E-state index contributed by atoms with van der Waals surface area (Å²) < 4.78 is 12.4. The fourth-order valence-corrected chi connectivity index (χ4v) is 3.41. The van der Waals surface area contributed by atoms with Crippen LogP contribution in [0, 0.1) is 0 Å². The smallest absolute Gasteiger partial charge is 0.141 e. The van der Waals surface area contributed by atoms with Gasteiger partial charge in [0.15, 0.2) is 0 Å². The summed E-state index contributed by atoms with van der Waals surface area (Å²) in [5.41, 5.74) is 1.08. The summed E-state index contributed by atoms with van der Waals surface area (Å²) in [7, 11) is 2.07. The van der Waals surface area contributed by atoms with Crippen molar-refractivity contribution in [3.63, 3.8) is 0 Å². The molecule has 2 heterocycles. The Hall–Kier alpha value is -0.680. The Morgan fingerprint density at radius 3 is 3.00 bits per heavy atom. The van der Waals surface area contributed by atoms with Gasteiger partial charge in [0.25, 0.3) is 0 Å². The molecule has 1 aliphatic rings. The number of ether oxygens (including phenoxy) is 1. The van der Waals surface area contributed by atoms with Crippen LogP contribution in [-0.4, -0.2) is 18.5 Å². The van der Waals surface area contributed by atoms with Crippen molar-refractivity contribution in [3.8, 4) is 5.75 Å². The fraction of sp³-hybridized carbons (Fsp3) is 0.333. The van der Waals surface area contributed by atoms with E-state index >= 15 is 0 Å². The lowest BCUT2D eigenvalue weighted by Gasteiger charge is -2.19. The number of halogens is 3. The van der Waals surface area contributed by atoms with Gasteiger partial charge in [-0.15, -0.1) is 0 Å². The molecule has 0 amide bonds. The molecule has 0 fully saturated rings. The van der Waals surface area contributed by atoms with Gasteiger partial charge in [-0.2, -0.15) is 0 Å². The van der Waals surface area contributed by atoms with Gasteiger partial charge in [-0.05, 0) is 35.1 Å². The zero-order chi connectivity index (χ0) is 15.0. The van der Waals surface area contributed by atoms with Crippen molar-refractivity contribution >= 4 is 39.1 Å². The van der Waals surface area contributed by atoms with Crippen LogP contribution in [0.15, 0.2) is 33.4 Å². The third-order valence-electron chi connectivity index (χ3n) is 3.54. The molecule has 1 aromatic carbocycles. The highest BCUT2D eigenvalue weighted by Crippen LogP contribution is 2.39. The summed E-state index contributed by atoms with van der Waals surface area (Å²) in [4.78, 5) is 2.21. The molecule has 1 unspecified atom stereocenters. The van der Waals surface area contributed by atoms with Crippen molar-refractivity contribution in [2.24, 2.45) is 0 Å². The maximum Gasteiger partial charge on any atom is 0.141 e. The molecular weight excluding hydrogens is 377 g/mol. The van der Waals surface area contributed by atoms with Crippen LogP contribution in [0.5, 0.6) is 5.75 Å². The second kappa shape index (κ2) is 6.21. The summed E-state index contributed by atoms with van der Waals surface area (Å²) in [6.45, 7) is 1.71. The van der Waals surface area contributed by atoms with Crippen molar-refractivity contribution in [2.75, 3.05) is 13.6 Å². The first kappa shape index (κ1) is 15.2. The molecule has 3 nitrogen and oxygen atoms in total. The molecule has 3 rings (SSSR count). The minimum absolute atomic E-state index is 0.0911. The Labute approximate surface area is 141 Å². The SMILES string of the molecule is CN1CCC(Oc2cc(Cl)cc(Br)c2Cl)c2ccoc2C1. The van der Waals surface area contributed by atoms with E-state index in [9.17, 15) is 0 Å². The van der Waals surface area contributed by atoms with E-state index < -0.39 is 0 Å². The lowest BCUT2D eigenvalue weighted by atomic mass is 10.1. The zero-order valence-corrected chi connectivity index (χ0v) is 14.5. The van der Waals surface area contributed by atoms with E-state index in [1.165, 1.54) is 0 Å². The number of hydrogen-bond donors (Lipinski definition) is 0. The quantitative estimate of drug-likeness (QED) is 0.650. The molecule has 21 heavy (non-hydrogen) atoms. The predicted molar refractivity (Wildman–Crippen MR) is 87.2 cm³/mol. The van der Waals surface area contributed by atoms with Gasteiger partial charge < -0.3 is 9.15 Å². The normalized spacial score (nSPS) is 19.1. The van der Waals surface area contributed by atoms with Gasteiger partial charge in [0.05, 0.1) is 17.8 Å². The molecule has 0 radical (unpaired) electrons. The first-order valence-corrected chi connectivity index (χ1v) is 8.15. The molecule has 6 heteroatoms. The Balaban J connectivity index is 1.92. The topological polar surface area (TPSA) is 25.6 Å². The molecular formula is C15H14BrCl2NO2. The molecule has 2 aromatic rings. The van der Waals surface area contributed by atoms with Crippen LogP contribution in [0.4, 0.5) is 0 Å². The Bertz CT molecular complexity index is 659. The minimum atomic E-state index is -0.0911. The molecule has 0 saturated carbocycles. The summed E-state index contributed by atoms with van der Waals surface area (Å²) in [5, 5.41) is 1.11. The van der Waals surface area contributed by atoms with E-state index in [0.29, 0.717) is 15.8 Å². The molecule has 0 saturated heterocycles. The Morgan fingerprint density at radius 2 is 2.19 bits per heavy atom. The maximum atomic E-state index is 6.29. The van der Waals surface area contributed by atoms with Gasteiger partial charge in [-0.25, -0.2) is 0 Å². The molecule has 0 spiro atoms. The highest BCUT2D eigenvalue weighted by Gasteiger charge is 2.25. The second-order valence-corrected chi connectivity index (χ2v) is 6.80. The highest BCUT2D eigenvalue weighted by atomic mass is 79.9. The summed E-state index contributed by atoms with van der Waals surface area (Å²) >= 11 is 15.8. The number of benzene rings is 1. The molecule has 1 atom stereocenters. The zero-order valence-electron chi connectivity index (χ0n) is 11.4. The van der Waals surface area contributed by atoms with E-state index in [-0.39, 0.29) is 6.10 Å². The van der Waals surface area contributed by atoms with E-state index in [0.717, 1.165) is 35.3 Å². The van der Waals surface area contributed by atoms with E-state index in [1.807, 2.05) is 6.07 Å². The number of nitrogens with zero attached hydrogens (tertiary/aromatic N) is 1. The summed E-state index contributed by atoms with van der Waals surface area (Å²) in [6.07, 6.45) is 2.48. The molecule has 1 aliphatic heterocycles. The standard InChI is InChI=1S/C15H14BrCl2NO2/c1-19-4-2-12(10-3-5-20-14(10)8-19)21-13-7-9(17)6-11(16)15(13)18/h3,5-7,12H,2,4,8H2,1H3. The van der Waals surface area contributed by atoms with Crippen molar-refractivity contribution in [2.45, 2.75) is 19.1 Å². The van der Waals surface area contributed by atoms with Crippen molar-refractivity contribution in [1.29, 1.82) is 0 Å². The largest absolute Gasteiger partial charge is 0.484 e. The van der Waals surface area contributed by atoms with Crippen molar-refractivity contribution in [3.05, 3.63) is 50.3 Å². The third-order valence-corrected chi connectivity index (χ3v) is 5.00. The van der Waals surface area contributed by atoms with Crippen molar-refractivity contribution < 1.29 is 9.15 Å². The molecule has 0 N–H and O–H groups in total. The number of hydrogen-bond acceptors (Lipinski definition) is 3. The lowest BCUT2D eigenvalue weighted by molar-refractivity contribution is 0.182. The molecule has 0 aliphatic carbocycles. The van der Waals surface area contributed by atoms with Gasteiger partial charge in [0, 0.05) is 34.1 Å². The Morgan fingerprint density at radius 1 is 1.38 bits per heavy atom. The fourth-order valence-electron chi connectivity index (χ4n) is 2.48. The number of furan rings is 1. The van der Waals surface area contributed by atoms with Gasteiger partial charge in [0.1, 0.15) is 17.6 Å². The lowest BCUT2D eigenvalue weighted by Crippen LogP contribution is -2.18. The van der Waals surface area contributed by atoms with Crippen LogP contribution in [0.3, 0.4) is 0 Å². The van der Waals surface area contributed by atoms with E-state index in [4.69, 9.17) is 32.4 Å². The monoisotopic (exact) mass is 389 g/mol. The van der Waals surface area contributed by atoms with Crippen LogP contribution < -0.4 is 4.74 Å². The Kier molecular flexibility index (Phi) is 4.50. The van der Waals surface area contributed by atoms with Crippen LogP contribution in [-0.2, 0) is 6.54 Å². The average molecular weight is 391 g/mol. The predicted octanol–water partition coefficient (Wildman–Crippen LogP) is 5.30. The van der Waals surface area contributed by atoms with Crippen LogP contribution in [0.1, 0.15) is 23.8 Å². The molecule has 1 aromatic heterocycles. The summed E-state index contributed by atoms with van der Waals surface area (Å²) in [5.74, 6) is 1.52. The van der Waals surface area contributed by atoms with Crippen LogP contribution >= 0.6 is 39.1 Å².